The molecule has 0 fully saturated rings. The Morgan fingerprint density at radius 3 is 1.14 bits per heavy atom. The molecule has 0 spiro atoms. The topological polar surface area (TPSA) is 151 Å². The summed E-state index contributed by atoms with van der Waals surface area (Å²) in [4.78, 5) is 21.4. The van der Waals surface area contributed by atoms with Crippen molar-refractivity contribution in [1.29, 1.82) is 0 Å². The quantitative estimate of drug-likeness (QED) is 0.0947. The number of hydrogen-bond acceptors (Lipinski definition) is 6. The van der Waals surface area contributed by atoms with E-state index < -0.39 is 33.0 Å². The van der Waals surface area contributed by atoms with Gasteiger partial charge in [-0.25, -0.2) is 11.0 Å². The van der Waals surface area contributed by atoms with Crippen LogP contribution in [-0.2, 0) is 0 Å². The van der Waals surface area contributed by atoms with Crippen molar-refractivity contribution in [3.05, 3.63) is 120 Å². The molecule has 178 valence electrons. The number of nitrogens with two attached hydrogens (primary N) is 2. The van der Waals surface area contributed by atoms with E-state index in [9.17, 15) is 9.59 Å². The van der Waals surface area contributed by atoms with E-state index >= 15 is 0 Å². The fraction of sp³-hybridized carbons (Fsp3) is 0. The number of nitrogen functional groups attached to an aromatic ring is 2. The molecule has 0 saturated heterocycles. The fourth-order valence-electron chi connectivity index (χ4n) is 2.61. The van der Waals surface area contributed by atoms with Crippen LogP contribution < -0.4 is 29.6 Å². The predicted molar refractivity (Wildman–Crippen MR) is 138 cm³/mol. The summed E-state index contributed by atoms with van der Waals surface area (Å²) < 4.78 is 3.08. The zero-order chi connectivity index (χ0) is 25.5. The van der Waals surface area contributed by atoms with Crippen molar-refractivity contribution in [2.45, 2.75) is 0 Å². The van der Waals surface area contributed by atoms with Crippen molar-refractivity contribution >= 4 is 51.5 Å². The second-order valence-corrected chi connectivity index (χ2v) is 11.0. The average molecular weight is 577 g/mol. The number of hydrogen-bond donors (Lipinski definition) is 6. The second-order valence-electron chi connectivity index (χ2n) is 6.98. The Bertz CT molecular complexity index is 1080. The molecule has 4 rings (SSSR count). The number of carbonyl (C=O) groups excluding carboxylic acids is 2. The molecule has 0 unspecified atom stereocenters. The van der Waals surface area contributed by atoms with Crippen LogP contribution >= 0.6 is 0 Å². The molecule has 0 bridgehead atoms. The second kappa shape index (κ2) is 15.1. The summed E-state index contributed by atoms with van der Waals surface area (Å²) in [6.07, 6.45) is 0. The molecule has 0 aliphatic heterocycles. The Balaban J connectivity index is 0.000000186. The van der Waals surface area contributed by atoms with Crippen LogP contribution in [0.3, 0.4) is 0 Å². The fourth-order valence-corrected chi connectivity index (χ4v) is 5.61. The molecule has 0 aliphatic carbocycles. The molecule has 0 aromatic heterocycles. The molecular weight excluding hydrogens is 551 g/mol. The van der Waals surface area contributed by atoms with Gasteiger partial charge < -0.3 is 11.5 Å². The van der Waals surface area contributed by atoms with Gasteiger partial charge in [0.15, 0.2) is 0 Å². The van der Waals surface area contributed by atoms with Crippen LogP contribution in [0.1, 0.15) is 20.7 Å². The van der Waals surface area contributed by atoms with E-state index in [2.05, 4.69) is 60.7 Å². The van der Waals surface area contributed by atoms with Gasteiger partial charge in [0.1, 0.15) is 0 Å². The molecule has 4 aromatic rings. The number of anilines is 2. The van der Waals surface area contributed by atoms with Gasteiger partial charge in [-0.1, -0.05) is 0 Å². The minimum atomic E-state index is -0.537. The first kappa shape index (κ1) is 27.4. The summed E-state index contributed by atoms with van der Waals surface area (Å²) in [6.45, 7) is 0. The zero-order valence-corrected chi connectivity index (χ0v) is 21.6. The standard InChI is InChI=1S/2C7H8N2O2.2C6H5.Sn/c2*8-6-3-1-5(2-4-6)7(10)9-11;2*1-2-4-6-5-3-1;/h2*1-4,11H,8H2,(H,9,10);2*1-5H;. The van der Waals surface area contributed by atoms with Crippen molar-refractivity contribution in [3.8, 4) is 0 Å². The molecule has 0 saturated carbocycles. The van der Waals surface area contributed by atoms with E-state index in [0.29, 0.717) is 22.5 Å². The normalized spacial score (nSPS) is 9.43. The van der Waals surface area contributed by atoms with Gasteiger partial charge in [-0.3, -0.25) is 20.0 Å². The molecule has 0 aliphatic rings. The third-order valence-electron chi connectivity index (χ3n) is 4.39. The number of rotatable bonds is 4. The van der Waals surface area contributed by atoms with E-state index in [-0.39, 0.29) is 0 Å². The first-order valence-electron chi connectivity index (χ1n) is 10.4. The minimum absolute atomic E-state index is 0.377. The Morgan fingerprint density at radius 2 is 0.857 bits per heavy atom. The first-order chi connectivity index (χ1) is 16.9. The molecule has 2 radical (unpaired) electrons. The van der Waals surface area contributed by atoms with E-state index in [4.69, 9.17) is 21.9 Å². The van der Waals surface area contributed by atoms with Crippen molar-refractivity contribution in [2.24, 2.45) is 0 Å². The average Bonchev–Trinajstić information content (AvgIpc) is 2.90. The number of hydroxylamine groups is 2. The molecule has 8 nitrogen and oxygen atoms in total. The van der Waals surface area contributed by atoms with Gasteiger partial charge in [-0.05, 0) is 48.5 Å². The van der Waals surface area contributed by atoms with Crippen LogP contribution in [0, 0.1) is 0 Å². The molecule has 4 aromatic carbocycles. The first-order valence-corrected chi connectivity index (χ1v) is 13.3. The Hall–Kier alpha value is -3.86. The van der Waals surface area contributed by atoms with Crippen LogP contribution in [-0.4, -0.2) is 43.4 Å². The van der Waals surface area contributed by atoms with Crippen LogP contribution in [0.15, 0.2) is 109 Å². The van der Waals surface area contributed by atoms with Crippen molar-refractivity contribution in [1.82, 2.24) is 11.0 Å². The van der Waals surface area contributed by atoms with Gasteiger partial charge in [0.25, 0.3) is 11.8 Å². The third kappa shape index (κ3) is 10.3. The van der Waals surface area contributed by atoms with Crippen LogP contribution in [0.4, 0.5) is 11.4 Å². The Morgan fingerprint density at radius 1 is 0.543 bits per heavy atom. The van der Waals surface area contributed by atoms with Gasteiger partial charge >= 0.3 is 89.0 Å². The van der Waals surface area contributed by atoms with E-state index in [1.165, 1.54) is 42.4 Å². The maximum absolute atomic E-state index is 10.7. The maximum atomic E-state index is 10.7. The molecule has 8 N–H and O–H groups in total. The summed E-state index contributed by atoms with van der Waals surface area (Å²) in [5.41, 5.74) is 15.7. The van der Waals surface area contributed by atoms with Gasteiger partial charge in [-0.2, -0.15) is 0 Å². The van der Waals surface area contributed by atoms with E-state index in [1.807, 2.05) is 0 Å². The molecule has 35 heavy (non-hydrogen) atoms. The van der Waals surface area contributed by atoms with Gasteiger partial charge in [0, 0.05) is 22.5 Å². The Labute approximate surface area is 213 Å². The number of carbonyl (C=O) groups is 2. The summed E-state index contributed by atoms with van der Waals surface area (Å²) >= 11 is -0.517. The number of benzene rings is 4. The van der Waals surface area contributed by atoms with Crippen LogP contribution in [0.25, 0.3) is 0 Å². The molecule has 9 heteroatoms. The molecule has 0 heterocycles. The summed E-state index contributed by atoms with van der Waals surface area (Å²) in [5, 5.41) is 16.5. The van der Waals surface area contributed by atoms with Crippen molar-refractivity contribution < 1.29 is 20.0 Å². The zero-order valence-electron chi connectivity index (χ0n) is 18.8. The summed E-state index contributed by atoms with van der Waals surface area (Å²) in [6, 6.07) is 34.1. The van der Waals surface area contributed by atoms with Crippen molar-refractivity contribution in [2.75, 3.05) is 11.5 Å². The monoisotopic (exact) mass is 578 g/mol. The van der Waals surface area contributed by atoms with Gasteiger partial charge in [0.05, 0.1) is 0 Å². The van der Waals surface area contributed by atoms with Crippen molar-refractivity contribution in [3.63, 3.8) is 0 Å². The third-order valence-corrected chi connectivity index (χ3v) is 7.94. The molecule has 2 amide bonds. The SMILES string of the molecule is Nc1ccc(C(=O)NO)cc1.Nc1ccc(C(=O)NO)cc1.c1cc[c]([Sn][c]2ccccc2)cc1. The van der Waals surface area contributed by atoms with Gasteiger partial charge in [-0.15, -0.1) is 0 Å². The van der Waals surface area contributed by atoms with Gasteiger partial charge in [0.2, 0.25) is 0 Å². The summed E-state index contributed by atoms with van der Waals surface area (Å²) in [7, 11) is 0. The predicted octanol–water partition coefficient (Wildman–Crippen LogP) is 2.12. The number of nitrogens with one attached hydrogen (secondary N) is 2. The van der Waals surface area contributed by atoms with E-state index in [0.717, 1.165) is 0 Å². The van der Waals surface area contributed by atoms with Crippen LogP contribution in [0.5, 0.6) is 0 Å². The van der Waals surface area contributed by atoms with Crippen LogP contribution in [0.2, 0.25) is 0 Å². The molecule has 0 atom stereocenters. The van der Waals surface area contributed by atoms with E-state index in [1.54, 1.807) is 24.3 Å². The number of amides is 2. The summed E-state index contributed by atoms with van der Waals surface area (Å²) in [5.74, 6) is -1.07. The molecular formula is C26H26N4O4Sn. The Kier molecular flexibility index (Phi) is 11.8.